The Bertz CT molecular complexity index is 324. The van der Waals surface area contributed by atoms with Crippen molar-refractivity contribution >= 4 is 5.91 Å². The Balaban J connectivity index is 1.69. The van der Waals surface area contributed by atoms with Crippen molar-refractivity contribution in [3.63, 3.8) is 0 Å². The number of hydrogen-bond donors (Lipinski definition) is 2. The van der Waals surface area contributed by atoms with Crippen LogP contribution in [-0.2, 0) is 14.3 Å². The summed E-state index contributed by atoms with van der Waals surface area (Å²) in [5.74, 6) is -1.64. The molecule has 2 rings (SSSR count). The van der Waals surface area contributed by atoms with Crippen LogP contribution in [0.25, 0.3) is 0 Å². The van der Waals surface area contributed by atoms with E-state index in [2.05, 4.69) is 10.6 Å². The van der Waals surface area contributed by atoms with Gasteiger partial charge in [-0.2, -0.15) is 13.2 Å². The number of alkyl halides is 3. The second-order valence-corrected chi connectivity index (χ2v) is 5.09. The summed E-state index contributed by atoms with van der Waals surface area (Å²) < 4.78 is 48.0. The molecule has 0 aromatic carbocycles. The van der Waals surface area contributed by atoms with E-state index in [9.17, 15) is 18.0 Å². The van der Waals surface area contributed by atoms with Crippen molar-refractivity contribution in [2.45, 2.75) is 31.2 Å². The van der Waals surface area contributed by atoms with Crippen LogP contribution < -0.4 is 10.6 Å². The van der Waals surface area contributed by atoms with Crippen molar-refractivity contribution in [1.82, 2.24) is 10.6 Å². The zero-order chi connectivity index (χ0) is 14.6. The highest BCUT2D eigenvalue weighted by Crippen LogP contribution is 2.31. The normalized spacial score (nSPS) is 31.9. The molecule has 1 amide bonds. The highest BCUT2D eigenvalue weighted by Gasteiger charge is 2.42. The maximum absolute atomic E-state index is 12.5. The summed E-state index contributed by atoms with van der Waals surface area (Å²) in [6.45, 7) is 1.59. The number of carbonyl (C=O) groups is 1. The standard InChI is InChI=1S/C12H19F3N2O3/c13-12(14,15)8-1-2-10(16-5-8)11(18)17-6-9-7-19-3-4-20-9/h8-10,16H,1-7H2,(H,17,18). The van der Waals surface area contributed by atoms with E-state index in [4.69, 9.17) is 9.47 Å². The van der Waals surface area contributed by atoms with Gasteiger partial charge in [-0.1, -0.05) is 0 Å². The van der Waals surface area contributed by atoms with Crippen molar-refractivity contribution in [3.05, 3.63) is 0 Å². The van der Waals surface area contributed by atoms with E-state index in [0.717, 1.165) is 0 Å². The van der Waals surface area contributed by atoms with Gasteiger partial charge in [0.25, 0.3) is 0 Å². The van der Waals surface area contributed by atoms with E-state index in [0.29, 0.717) is 26.4 Å². The van der Waals surface area contributed by atoms with Gasteiger partial charge in [0.1, 0.15) is 0 Å². The van der Waals surface area contributed by atoms with Gasteiger partial charge in [0.2, 0.25) is 5.91 Å². The van der Waals surface area contributed by atoms with Gasteiger partial charge in [-0.25, -0.2) is 0 Å². The molecule has 3 unspecified atom stereocenters. The molecule has 0 aromatic rings. The van der Waals surface area contributed by atoms with E-state index in [1.807, 2.05) is 0 Å². The van der Waals surface area contributed by atoms with Crippen LogP contribution in [0, 0.1) is 5.92 Å². The molecular formula is C12H19F3N2O3. The van der Waals surface area contributed by atoms with Crippen LogP contribution in [-0.4, -0.2) is 57.1 Å². The first-order valence-corrected chi connectivity index (χ1v) is 6.74. The van der Waals surface area contributed by atoms with Crippen LogP contribution in [0.2, 0.25) is 0 Å². The van der Waals surface area contributed by atoms with Gasteiger partial charge in [-0.3, -0.25) is 4.79 Å². The summed E-state index contributed by atoms with van der Waals surface area (Å²) in [6.07, 6.45) is -4.20. The summed E-state index contributed by atoms with van der Waals surface area (Å²) in [7, 11) is 0. The van der Waals surface area contributed by atoms with Crippen molar-refractivity contribution in [2.75, 3.05) is 32.9 Å². The second-order valence-electron chi connectivity index (χ2n) is 5.09. The second kappa shape index (κ2) is 6.73. The van der Waals surface area contributed by atoms with Crippen molar-refractivity contribution < 1.29 is 27.4 Å². The Morgan fingerprint density at radius 2 is 2.10 bits per heavy atom. The molecule has 2 N–H and O–H groups in total. The number of rotatable bonds is 3. The number of piperidine rings is 1. The van der Waals surface area contributed by atoms with Gasteiger partial charge >= 0.3 is 6.18 Å². The average Bonchev–Trinajstić information content (AvgIpc) is 2.45. The minimum atomic E-state index is -4.19. The summed E-state index contributed by atoms with van der Waals surface area (Å²) >= 11 is 0. The highest BCUT2D eigenvalue weighted by atomic mass is 19.4. The maximum atomic E-state index is 12.5. The third kappa shape index (κ3) is 4.32. The number of nitrogens with one attached hydrogen (secondary N) is 2. The van der Waals surface area contributed by atoms with Crippen LogP contribution in [0.3, 0.4) is 0 Å². The SMILES string of the molecule is O=C(NCC1COCCO1)C1CCC(C(F)(F)F)CN1. The van der Waals surface area contributed by atoms with Gasteiger partial charge in [-0.15, -0.1) is 0 Å². The van der Waals surface area contributed by atoms with Crippen LogP contribution in [0.4, 0.5) is 13.2 Å². The van der Waals surface area contributed by atoms with Crippen molar-refractivity contribution in [3.8, 4) is 0 Å². The molecule has 0 aliphatic carbocycles. The molecule has 2 heterocycles. The minimum absolute atomic E-state index is 0.0162. The van der Waals surface area contributed by atoms with E-state index >= 15 is 0 Å². The quantitative estimate of drug-likeness (QED) is 0.794. The fraction of sp³-hybridized carbons (Fsp3) is 0.917. The van der Waals surface area contributed by atoms with E-state index in [1.54, 1.807) is 0 Å². The van der Waals surface area contributed by atoms with Crippen molar-refractivity contribution in [1.29, 1.82) is 0 Å². The zero-order valence-electron chi connectivity index (χ0n) is 11.0. The molecule has 116 valence electrons. The number of halogens is 3. The largest absolute Gasteiger partial charge is 0.393 e. The first kappa shape index (κ1) is 15.5. The Labute approximate surface area is 115 Å². The van der Waals surface area contributed by atoms with E-state index in [-0.39, 0.29) is 31.4 Å². The molecule has 3 atom stereocenters. The number of amides is 1. The topological polar surface area (TPSA) is 59.6 Å². The smallest absolute Gasteiger partial charge is 0.376 e. The Morgan fingerprint density at radius 1 is 1.30 bits per heavy atom. The monoisotopic (exact) mass is 296 g/mol. The molecule has 2 aliphatic heterocycles. The fourth-order valence-corrected chi connectivity index (χ4v) is 2.35. The third-order valence-electron chi connectivity index (χ3n) is 3.58. The lowest BCUT2D eigenvalue weighted by Crippen LogP contribution is -2.52. The lowest BCUT2D eigenvalue weighted by Gasteiger charge is -2.31. The van der Waals surface area contributed by atoms with Crippen LogP contribution in [0.1, 0.15) is 12.8 Å². The predicted molar refractivity (Wildman–Crippen MR) is 64.1 cm³/mol. The molecule has 5 nitrogen and oxygen atoms in total. The number of ether oxygens (including phenoxy) is 2. The molecule has 2 fully saturated rings. The van der Waals surface area contributed by atoms with Crippen LogP contribution in [0.15, 0.2) is 0 Å². The molecule has 8 heteroatoms. The van der Waals surface area contributed by atoms with Gasteiger partial charge in [0.15, 0.2) is 0 Å². The van der Waals surface area contributed by atoms with Gasteiger partial charge in [-0.05, 0) is 12.8 Å². The Hall–Kier alpha value is -0.860. The molecular weight excluding hydrogens is 277 g/mol. The third-order valence-corrected chi connectivity index (χ3v) is 3.58. The Kier molecular flexibility index (Phi) is 5.22. The summed E-state index contributed by atoms with van der Waals surface area (Å²) in [6, 6.07) is -0.557. The molecule has 0 aromatic heterocycles. The first-order valence-electron chi connectivity index (χ1n) is 6.74. The molecule has 2 saturated heterocycles. The predicted octanol–water partition coefficient (Wildman–Crippen LogP) is 0.448. The lowest BCUT2D eigenvalue weighted by atomic mass is 9.94. The molecule has 2 aliphatic rings. The van der Waals surface area contributed by atoms with Crippen LogP contribution >= 0.6 is 0 Å². The molecule has 20 heavy (non-hydrogen) atoms. The first-order chi connectivity index (χ1) is 9.47. The molecule has 0 bridgehead atoms. The number of carbonyl (C=O) groups excluding carboxylic acids is 1. The van der Waals surface area contributed by atoms with E-state index < -0.39 is 18.1 Å². The molecule has 0 spiro atoms. The van der Waals surface area contributed by atoms with Gasteiger partial charge in [0, 0.05) is 13.1 Å². The highest BCUT2D eigenvalue weighted by molar-refractivity contribution is 5.81. The van der Waals surface area contributed by atoms with E-state index in [1.165, 1.54) is 0 Å². The summed E-state index contributed by atoms with van der Waals surface area (Å²) in [5, 5.41) is 5.35. The summed E-state index contributed by atoms with van der Waals surface area (Å²) in [5.41, 5.74) is 0. The number of hydrogen-bond acceptors (Lipinski definition) is 4. The van der Waals surface area contributed by atoms with Crippen LogP contribution in [0.5, 0.6) is 0 Å². The zero-order valence-corrected chi connectivity index (χ0v) is 11.0. The summed E-state index contributed by atoms with van der Waals surface area (Å²) in [4.78, 5) is 11.8. The van der Waals surface area contributed by atoms with Gasteiger partial charge < -0.3 is 20.1 Å². The molecule has 0 saturated carbocycles. The minimum Gasteiger partial charge on any atom is -0.376 e. The fourth-order valence-electron chi connectivity index (χ4n) is 2.35. The van der Waals surface area contributed by atoms with Gasteiger partial charge in [0.05, 0.1) is 37.9 Å². The average molecular weight is 296 g/mol. The van der Waals surface area contributed by atoms with Crippen molar-refractivity contribution in [2.24, 2.45) is 5.92 Å². The molecule has 0 radical (unpaired) electrons. The maximum Gasteiger partial charge on any atom is 0.393 e. The lowest BCUT2D eigenvalue weighted by molar-refractivity contribution is -0.180. The Morgan fingerprint density at radius 3 is 2.65 bits per heavy atom.